The molecule has 2 saturated heterocycles. The van der Waals surface area contributed by atoms with Crippen molar-refractivity contribution in [1.29, 1.82) is 0 Å². The Morgan fingerprint density at radius 2 is 2.04 bits per heavy atom. The summed E-state index contributed by atoms with van der Waals surface area (Å²) in [6.07, 6.45) is 4.63. The van der Waals surface area contributed by atoms with Crippen molar-refractivity contribution in [1.82, 2.24) is 14.9 Å². The van der Waals surface area contributed by atoms with Gasteiger partial charge in [0.1, 0.15) is 22.6 Å². The molecule has 4 heterocycles. The van der Waals surface area contributed by atoms with Gasteiger partial charge in [-0.2, -0.15) is 0 Å². The zero-order valence-corrected chi connectivity index (χ0v) is 17.4. The van der Waals surface area contributed by atoms with Crippen LogP contribution >= 0.6 is 11.3 Å². The standard InChI is InChI=1S/C20H28N4O2S/c1-5-14-10-15-16(21-13-22-17(15)27-14)23-8-6-20(11-23)7-9-24(12-20)18(25)26-19(2,3)4/h10,13H,5-9,11-12H2,1-4H3. The van der Waals surface area contributed by atoms with Crippen molar-refractivity contribution in [3.05, 3.63) is 17.3 Å². The second-order valence-electron chi connectivity index (χ2n) is 8.81. The van der Waals surface area contributed by atoms with Crippen molar-refractivity contribution >= 4 is 33.5 Å². The molecule has 2 aromatic heterocycles. The van der Waals surface area contributed by atoms with E-state index in [-0.39, 0.29) is 11.5 Å². The molecule has 0 saturated carbocycles. The van der Waals surface area contributed by atoms with Gasteiger partial charge in [-0.3, -0.25) is 0 Å². The summed E-state index contributed by atoms with van der Waals surface area (Å²) in [5.74, 6) is 1.04. The van der Waals surface area contributed by atoms with Crippen molar-refractivity contribution in [3.8, 4) is 0 Å². The highest BCUT2D eigenvalue weighted by Crippen LogP contribution is 2.42. The lowest BCUT2D eigenvalue weighted by Crippen LogP contribution is -2.37. The number of carbonyl (C=O) groups is 1. The van der Waals surface area contributed by atoms with Crippen LogP contribution in [0.3, 0.4) is 0 Å². The van der Waals surface area contributed by atoms with Gasteiger partial charge in [0.25, 0.3) is 0 Å². The van der Waals surface area contributed by atoms with Crippen LogP contribution in [0.5, 0.6) is 0 Å². The third kappa shape index (κ3) is 3.61. The molecule has 0 N–H and O–H groups in total. The predicted octanol–water partition coefficient (Wildman–Crippen LogP) is 4.09. The third-order valence-corrected chi connectivity index (χ3v) is 6.72. The van der Waals surface area contributed by atoms with Gasteiger partial charge < -0.3 is 14.5 Å². The number of aromatic nitrogens is 2. The fourth-order valence-electron chi connectivity index (χ4n) is 4.19. The van der Waals surface area contributed by atoms with Crippen LogP contribution in [0.1, 0.15) is 45.4 Å². The highest BCUT2D eigenvalue weighted by atomic mass is 32.1. The number of hydrogen-bond donors (Lipinski definition) is 0. The van der Waals surface area contributed by atoms with Crippen LogP contribution in [0, 0.1) is 5.41 Å². The molecule has 1 amide bonds. The maximum Gasteiger partial charge on any atom is 0.410 e. The van der Waals surface area contributed by atoms with E-state index in [4.69, 9.17) is 4.74 Å². The molecule has 7 heteroatoms. The summed E-state index contributed by atoms with van der Waals surface area (Å²) in [7, 11) is 0. The number of carbonyl (C=O) groups excluding carboxylic acids is 1. The molecule has 2 aliphatic heterocycles. The fraction of sp³-hybridized carbons (Fsp3) is 0.650. The van der Waals surface area contributed by atoms with E-state index in [0.717, 1.165) is 56.1 Å². The van der Waals surface area contributed by atoms with Gasteiger partial charge in [0.15, 0.2) is 0 Å². The first-order chi connectivity index (χ1) is 12.8. The van der Waals surface area contributed by atoms with E-state index < -0.39 is 5.60 Å². The average Bonchev–Trinajstić information content (AvgIpc) is 3.31. The number of likely N-dealkylation sites (tertiary alicyclic amines) is 1. The largest absolute Gasteiger partial charge is 0.444 e. The summed E-state index contributed by atoms with van der Waals surface area (Å²) >= 11 is 1.76. The Balaban J connectivity index is 1.50. The van der Waals surface area contributed by atoms with Crippen molar-refractivity contribution in [2.45, 2.75) is 52.6 Å². The SMILES string of the molecule is CCc1cc2c(N3CCC4(CCN(C(=O)OC(C)(C)C)C4)C3)ncnc2s1. The molecule has 1 atom stereocenters. The van der Waals surface area contributed by atoms with E-state index in [1.54, 1.807) is 17.7 Å². The van der Waals surface area contributed by atoms with Crippen molar-refractivity contribution < 1.29 is 9.53 Å². The van der Waals surface area contributed by atoms with Crippen LogP contribution in [0.4, 0.5) is 10.6 Å². The van der Waals surface area contributed by atoms with Crippen LogP contribution < -0.4 is 4.90 Å². The molecule has 6 nitrogen and oxygen atoms in total. The van der Waals surface area contributed by atoms with Gasteiger partial charge in [0.05, 0.1) is 5.39 Å². The number of fused-ring (bicyclic) bond motifs is 1. The lowest BCUT2D eigenvalue weighted by atomic mass is 9.86. The second kappa shape index (κ2) is 6.62. The average molecular weight is 389 g/mol. The van der Waals surface area contributed by atoms with Gasteiger partial charge in [0.2, 0.25) is 0 Å². The van der Waals surface area contributed by atoms with Crippen LogP contribution in [0.15, 0.2) is 12.4 Å². The molecule has 2 fully saturated rings. The molecule has 1 unspecified atom stereocenters. The summed E-state index contributed by atoms with van der Waals surface area (Å²) in [5, 5.41) is 1.17. The van der Waals surface area contributed by atoms with Crippen molar-refractivity contribution in [3.63, 3.8) is 0 Å². The number of rotatable bonds is 2. The van der Waals surface area contributed by atoms with Crippen LogP contribution in [-0.4, -0.2) is 52.7 Å². The van der Waals surface area contributed by atoms with Crippen LogP contribution in [0.2, 0.25) is 0 Å². The number of nitrogens with zero attached hydrogens (tertiary/aromatic N) is 4. The van der Waals surface area contributed by atoms with Gasteiger partial charge in [0, 0.05) is 36.5 Å². The molecule has 146 valence electrons. The number of aryl methyl sites for hydroxylation is 1. The molecular formula is C20H28N4O2S. The molecule has 2 aromatic rings. The van der Waals surface area contributed by atoms with Gasteiger partial charge in [-0.05, 0) is 46.1 Å². The summed E-state index contributed by atoms with van der Waals surface area (Å²) in [5.41, 5.74) is -0.297. The van der Waals surface area contributed by atoms with Crippen molar-refractivity contribution in [2.24, 2.45) is 5.41 Å². The number of thiophene rings is 1. The minimum absolute atomic E-state index is 0.151. The summed E-state index contributed by atoms with van der Waals surface area (Å²) < 4.78 is 5.56. The first-order valence-corrected chi connectivity index (χ1v) is 10.6. The highest BCUT2D eigenvalue weighted by molar-refractivity contribution is 7.18. The summed E-state index contributed by atoms with van der Waals surface area (Å²) in [6, 6.07) is 2.24. The Bertz CT molecular complexity index is 859. The molecule has 0 bridgehead atoms. The lowest BCUT2D eigenvalue weighted by molar-refractivity contribution is 0.0276. The highest BCUT2D eigenvalue weighted by Gasteiger charge is 2.46. The number of amides is 1. The number of hydrogen-bond acceptors (Lipinski definition) is 6. The molecule has 27 heavy (non-hydrogen) atoms. The van der Waals surface area contributed by atoms with Gasteiger partial charge in [-0.25, -0.2) is 14.8 Å². The number of anilines is 1. The first kappa shape index (κ1) is 18.5. The summed E-state index contributed by atoms with van der Waals surface area (Å²) in [4.78, 5) is 28.2. The molecule has 4 rings (SSSR count). The first-order valence-electron chi connectivity index (χ1n) is 9.75. The van der Waals surface area contributed by atoms with E-state index in [1.807, 2.05) is 25.7 Å². The Morgan fingerprint density at radius 3 is 2.78 bits per heavy atom. The van der Waals surface area contributed by atoms with Crippen LogP contribution in [0.25, 0.3) is 10.2 Å². The minimum atomic E-state index is -0.447. The maximum atomic E-state index is 12.4. The Morgan fingerprint density at radius 1 is 1.26 bits per heavy atom. The zero-order chi connectivity index (χ0) is 19.2. The second-order valence-corrected chi connectivity index (χ2v) is 9.92. The summed E-state index contributed by atoms with van der Waals surface area (Å²) in [6.45, 7) is 11.4. The molecule has 0 radical (unpaired) electrons. The van der Waals surface area contributed by atoms with E-state index in [9.17, 15) is 4.79 Å². The van der Waals surface area contributed by atoms with Crippen molar-refractivity contribution in [2.75, 3.05) is 31.1 Å². The predicted molar refractivity (Wildman–Crippen MR) is 108 cm³/mol. The minimum Gasteiger partial charge on any atom is -0.444 e. The third-order valence-electron chi connectivity index (χ3n) is 5.54. The lowest BCUT2D eigenvalue weighted by Gasteiger charge is -2.27. The van der Waals surface area contributed by atoms with Crippen LogP contribution in [-0.2, 0) is 11.2 Å². The molecule has 1 spiro atoms. The Kier molecular flexibility index (Phi) is 4.53. The van der Waals surface area contributed by atoms with Gasteiger partial charge in [-0.1, -0.05) is 6.92 Å². The molecular weight excluding hydrogens is 360 g/mol. The van der Waals surface area contributed by atoms with E-state index >= 15 is 0 Å². The van der Waals surface area contributed by atoms with Gasteiger partial charge >= 0.3 is 6.09 Å². The Hall–Kier alpha value is -1.89. The fourth-order valence-corrected chi connectivity index (χ4v) is 5.12. The van der Waals surface area contributed by atoms with E-state index in [2.05, 4.69) is 27.9 Å². The molecule has 2 aliphatic rings. The molecule has 0 aromatic carbocycles. The zero-order valence-electron chi connectivity index (χ0n) is 16.6. The van der Waals surface area contributed by atoms with E-state index in [1.165, 1.54) is 10.3 Å². The topological polar surface area (TPSA) is 58.6 Å². The Labute approximate surface area is 164 Å². The quantitative estimate of drug-likeness (QED) is 0.775. The normalized spacial score (nSPS) is 23.0. The smallest absolute Gasteiger partial charge is 0.410 e. The monoisotopic (exact) mass is 388 g/mol. The van der Waals surface area contributed by atoms with E-state index in [0.29, 0.717) is 0 Å². The van der Waals surface area contributed by atoms with Gasteiger partial charge in [-0.15, -0.1) is 11.3 Å². The molecule has 0 aliphatic carbocycles. The number of ether oxygens (including phenoxy) is 1. The maximum absolute atomic E-state index is 12.4.